The van der Waals surface area contributed by atoms with Gasteiger partial charge in [-0.1, -0.05) is 38.0 Å². The molecule has 2 aromatic rings. The second-order valence-corrected chi connectivity index (χ2v) is 7.99. The van der Waals surface area contributed by atoms with Gasteiger partial charge in [-0.05, 0) is 24.5 Å². The lowest BCUT2D eigenvalue weighted by molar-refractivity contribution is 0.0964. The van der Waals surface area contributed by atoms with Crippen LogP contribution in [0.3, 0.4) is 0 Å². The number of fused-ring (bicyclic) bond motifs is 3. The molecule has 1 saturated carbocycles. The van der Waals surface area contributed by atoms with Crippen molar-refractivity contribution in [2.24, 2.45) is 0 Å². The van der Waals surface area contributed by atoms with Crippen LogP contribution in [0.25, 0.3) is 0 Å². The van der Waals surface area contributed by atoms with Crippen LogP contribution in [0.5, 0.6) is 0 Å². The molecule has 0 bridgehead atoms. The molecular formula is C19H20N2O2S. The molecule has 2 heterocycles. The number of anilines is 1. The van der Waals surface area contributed by atoms with Crippen LogP contribution >= 0.6 is 11.3 Å². The van der Waals surface area contributed by atoms with Gasteiger partial charge in [0.2, 0.25) is 0 Å². The number of carbonyl (C=O) groups is 2. The number of Topliss-reactive ketones (excluding diaryl/α,β-unsaturated/α-hetero) is 1. The summed E-state index contributed by atoms with van der Waals surface area (Å²) in [5, 5.41) is 0.400. The summed E-state index contributed by atoms with van der Waals surface area (Å²) in [7, 11) is 0. The first-order valence-electron chi connectivity index (χ1n) is 8.42. The molecule has 124 valence electrons. The molecule has 1 aromatic heterocycles. The fraction of sp³-hybridized carbons (Fsp3) is 0.421. The van der Waals surface area contributed by atoms with Gasteiger partial charge in [0.25, 0.3) is 5.91 Å². The molecule has 1 fully saturated rings. The van der Waals surface area contributed by atoms with Gasteiger partial charge in [-0.3, -0.25) is 9.59 Å². The van der Waals surface area contributed by atoms with Crippen molar-refractivity contribution < 1.29 is 9.59 Å². The zero-order valence-electron chi connectivity index (χ0n) is 13.9. The Balaban J connectivity index is 1.78. The molecule has 1 aromatic carbocycles. The Kier molecular flexibility index (Phi) is 3.57. The molecule has 1 aliphatic carbocycles. The molecule has 1 aliphatic heterocycles. The van der Waals surface area contributed by atoms with Gasteiger partial charge < -0.3 is 4.90 Å². The van der Waals surface area contributed by atoms with Gasteiger partial charge >= 0.3 is 0 Å². The van der Waals surface area contributed by atoms with E-state index in [1.165, 1.54) is 30.2 Å². The molecule has 0 unspecified atom stereocenters. The van der Waals surface area contributed by atoms with Crippen LogP contribution in [-0.4, -0.2) is 22.7 Å². The molecular weight excluding hydrogens is 320 g/mol. The highest BCUT2D eigenvalue weighted by atomic mass is 32.1. The molecule has 1 amide bonds. The van der Waals surface area contributed by atoms with Crippen molar-refractivity contribution in [2.45, 2.75) is 51.0 Å². The summed E-state index contributed by atoms with van der Waals surface area (Å²) in [5.41, 5.74) is 2.33. The molecule has 5 heteroatoms. The van der Waals surface area contributed by atoms with Crippen molar-refractivity contribution in [1.29, 1.82) is 0 Å². The number of nitrogens with zero attached hydrogens (tertiary/aromatic N) is 2. The number of hydrogen-bond donors (Lipinski definition) is 0. The highest BCUT2D eigenvalue weighted by molar-refractivity contribution is 7.15. The van der Waals surface area contributed by atoms with Crippen LogP contribution in [0.15, 0.2) is 30.5 Å². The van der Waals surface area contributed by atoms with E-state index in [1.807, 2.05) is 17.0 Å². The standard InChI is InChI=1S/C19H20N2O2S/c1-12(22)17-20-11-15(24-17)18(23)21-14-8-4-3-7-13(14)19(2)10-6-5-9-16(19)21/h3-4,7-8,11,16H,5-6,9-10H2,1-2H3/t16-,19-/m0/s1. The predicted octanol–water partition coefficient (Wildman–Crippen LogP) is 4.21. The van der Waals surface area contributed by atoms with Crippen LogP contribution < -0.4 is 4.90 Å². The van der Waals surface area contributed by atoms with Crippen LogP contribution in [0.1, 0.15) is 64.6 Å². The van der Waals surface area contributed by atoms with Gasteiger partial charge in [-0.25, -0.2) is 4.98 Å². The highest BCUT2D eigenvalue weighted by Gasteiger charge is 2.50. The maximum absolute atomic E-state index is 13.2. The lowest BCUT2D eigenvalue weighted by Gasteiger charge is -2.39. The number of carbonyl (C=O) groups excluding carboxylic acids is 2. The highest BCUT2D eigenvalue weighted by Crippen LogP contribution is 2.52. The zero-order chi connectivity index (χ0) is 16.9. The van der Waals surface area contributed by atoms with Crippen molar-refractivity contribution >= 4 is 28.7 Å². The number of amides is 1. The average molecular weight is 340 g/mol. The van der Waals surface area contributed by atoms with E-state index in [0.29, 0.717) is 9.88 Å². The summed E-state index contributed by atoms with van der Waals surface area (Å²) in [6, 6.07) is 8.45. The number of rotatable bonds is 2. The molecule has 4 nitrogen and oxygen atoms in total. The third-order valence-corrected chi connectivity index (χ3v) is 6.57. The van der Waals surface area contributed by atoms with E-state index in [4.69, 9.17) is 0 Å². The van der Waals surface area contributed by atoms with Crippen molar-refractivity contribution in [3.05, 3.63) is 45.9 Å². The van der Waals surface area contributed by atoms with Gasteiger partial charge in [0, 0.05) is 24.1 Å². The SMILES string of the molecule is CC(=O)c1ncc(C(=O)N2c3ccccc3[C@]3(C)CCCC[C@H]23)s1. The van der Waals surface area contributed by atoms with Crippen LogP contribution in [0, 0.1) is 0 Å². The Morgan fingerprint density at radius 1 is 1.29 bits per heavy atom. The van der Waals surface area contributed by atoms with Gasteiger partial charge in [-0.15, -0.1) is 11.3 Å². The van der Waals surface area contributed by atoms with E-state index in [1.54, 1.807) is 6.20 Å². The fourth-order valence-electron chi connectivity index (χ4n) is 4.28. The molecule has 24 heavy (non-hydrogen) atoms. The van der Waals surface area contributed by atoms with E-state index in [2.05, 4.69) is 24.0 Å². The first kappa shape index (κ1) is 15.5. The number of benzene rings is 1. The van der Waals surface area contributed by atoms with Gasteiger partial charge in [0.05, 0.1) is 6.20 Å². The molecule has 2 atom stereocenters. The lowest BCUT2D eigenvalue weighted by Crippen LogP contribution is -2.47. The minimum atomic E-state index is -0.0941. The second-order valence-electron chi connectivity index (χ2n) is 6.96. The van der Waals surface area contributed by atoms with Gasteiger partial charge in [-0.2, -0.15) is 0 Å². The normalized spacial score (nSPS) is 25.2. The molecule has 0 saturated heterocycles. The first-order valence-corrected chi connectivity index (χ1v) is 9.24. The molecule has 0 N–H and O–H groups in total. The van der Waals surface area contributed by atoms with Crippen LogP contribution in [0.4, 0.5) is 5.69 Å². The maximum Gasteiger partial charge on any atom is 0.270 e. The Morgan fingerprint density at radius 2 is 2.08 bits per heavy atom. The zero-order valence-corrected chi connectivity index (χ0v) is 14.7. The van der Waals surface area contributed by atoms with Crippen molar-refractivity contribution in [1.82, 2.24) is 4.98 Å². The smallest absolute Gasteiger partial charge is 0.270 e. The average Bonchev–Trinajstić information content (AvgIpc) is 3.16. The fourth-order valence-corrected chi connectivity index (χ4v) is 5.03. The lowest BCUT2D eigenvalue weighted by atomic mass is 9.69. The molecule has 0 spiro atoms. The molecule has 2 aliphatic rings. The minimum absolute atomic E-state index is 0.0249. The monoisotopic (exact) mass is 340 g/mol. The Hall–Kier alpha value is -2.01. The number of thiazole rings is 1. The second kappa shape index (κ2) is 5.52. The summed E-state index contributed by atoms with van der Waals surface area (Å²) in [5.74, 6) is -0.119. The Morgan fingerprint density at radius 3 is 2.83 bits per heavy atom. The quantitative estimate of drug-likeness (QED) is 0.770. The summed E-state index contributed by atoms with van der Waals surface area (Å²) in [6.07, 6.45) is 6.04. The topological polar surface area (TPSA) is 50.3 Å². The van der Waals surface area contributed by atoms with E-state index in [9.17, 15) is 9.59 Å². The van der Waals surface area contributed by atoms with E-state index in [-0.39, 0.29) is 23.1 Å². The van der Waals surface area contributed by atoms with Crippen molar-refractivity contribution in [3.8, 4) is 0 Å². The summed E-state index contributed by atoms with van der Waals surface area (Å²) >= 11 is 1.20. The predicted molar refractivity (Wildman–Crippen MR) is 95.0 cm³/mol. The van der Waals surface area contributed by atoms with Crippen LogP contribution in [0.2, 0.25) is 0 Å². The maximum atomic E-state index is 13.2. The first-order chi connectivity index (χ1) is 11.5. The van der Waals surface area contributed by atoms with Gasteiger partial charge in [0.1, 0.15) is 4.88 Å². The number of para-hydroxylation sites is 1. The van der Waals surface area contributed by atoms with E-state index >= 15 is 0 Å². The van der Waals surface area contributed by atoms with E-state index in [0.717, 1.165) is 24.9 Å². The van der Waals surface area contributed by atoms with E-state index < -0.39 is 0 Å². The summed E-state index contributed by atoms with van der Waals surface area (Å²) in [6.45, 7) is 3.77. The van der Waals surface area contributed by atoms with Crippen molar-refractivity contribution in [2.75, 3.05) is 4.90 Å². The Labute approximate surface area is 145 Å². The summed E-state index contributed by atoms with van der Waals surface area (Å²) in [4.78, 5) is 31.3. The Bertz CT molecular complexity index is 828. The van der Waals surface area contributed by atoms with Crippen molar-refractivity contribution in [3.63, 3.8) is 0 Å². The summed E-state index contributed by atoms with van der Waals surface area (Å²) < 4.78 is 0. The van der Waals surface area contributed by atoms with Gasteiger partial charge in [0.15, 0.2) is 10.8 Å². The molecule has 0 radical (unpaired) electrons. The molecule has 4 rings (SSSR count). The third-order valence-electron chi connectivity index (χ3n) is 5.49. The largest absolute Gasteiger partial charge is 0.303 e. The third kappa shape index (κ3) is 2.14. The minimum Gasteiger partial charge on any atom is -0.303 e. The van der Waals surface area contributed by atoms with Crippen LogP contribution in [-0.2, 0) is 5.41 Å². The number of aromatic nitrogens is 1. The number of ketones is 1. The number of hydrogen-bond acceptors (Lipinski definition) is 4.